The number of thioether (sulfide) groups is 1. The van der Waals surface area contributed by atoms with Crippen LogP contribution < -0.4 is 5.32 Å². The van der Waals surface area contributed by atoms with Crippen molar-refractivity contribution in [1.82, 2.24) is 24.9 Å². The first-order valence-corrected chi connectivity index (χ1v) is 9.41. The maximum absolute atomic E-state index is 12.0. The Morgan fingerprint density at radius 3 is 3.08 bits per heavy atom. The van der Waals surface area contributed by atoms with Gasteiger partial charge in [-0.25, -0.2) is 10.1 Å². The van der Waals surface area contributed by atoms with Crippen LogP contribution in [0, 0.1) is 0 Å². The molecule has 122 valence electrons. The number of H-pyrrole nitrogens is 1. The minimum absolute atomic E-state index is 0.0112. The van der Waals surface area contributed by atoms with Crippen molar-refractivity contribution in [3.8, 4) is 0 Å². The van der Waals surface area contributed by atoms with Gasteiger partial charge in [-0.05, 0) is 30.0 Å². The zero-order valence-electron chi connectivity index (χ0n) is 12.7. The third-order valence-electron chi connectivity index (χ3n) is 3.61. The van der Waals surface area contributed by atoms with Crippen LogP contribution in [-0.4, -0.2) is 37.8 Å². The summed E-state index contributed by atoms with van der Waals surface area (Å²) in [5.74, 6) is 1.03. The van der Waals surface area contributed by atoms with E-state index in [2.05, 4.69) is 26.6 Å². The molecule has 4 rings (SSSR count). The quantitative estimate of drug-likeness (QED) is 0.520. The van der Waals surface area contributed by atoms with E-state index >= 15 is 0 Å². The molecule has 0 spiro atoms. The first-order chi connectivity index (χ1) is 11.8. The van der Waals surface area contributed by atoms with Crippen LogP contribution in [0.15, 0.2) is 46.9 Å². The van der Waals surface area contributed by atoms with E-state index in [1.54, 1.807) is 11.3 Å². The molecular formula is C16H15N5OS2. The van der Waals surface area contributed by atoms with Gasteiger partial charge in [0, 0.05) is 11.4 Å². The van der Waals surface area contributed by atoms with Gasteiger partial charge in [-0.1, -0.05) is 30.0 Å². The Bertz CT molecular complexity index is 973. The number of rotatable bonds is 6. The zero-order chi connectivity index (χ0) is 16.4. The maximum atomic E-state index is 12.0. The number of hydrogen-bond acceptors (Lipinski definition) is 5. The van der Waals surface area contributed by atoms with E-state index in [4.69, 9.17) is 0 Å². The van der Waals surface area contributed by atoms with Crippen LogP contribution in [0.2, 0.25) is 0 Å². The number of hydrogen-bond donors (Lipinski definition) is 2. The van der Waals surface area contributed by atoms with Gasteiger partial charge in [0.25, 0.3) is 0 Å². The van der Waals surface area contributed by atoms with Gasteiger partial charge < -0.3 is 5.32 Å². The van der Waals surface area contributed by atoms with Crippen LogP contribution in [0.5, 0.6) is 0 Å². The second kappa shape index (κ2) is 6.66. The smallest absolute Gasteiger partial charge is 0.231 e. The number of nitrogens with one attached hydrogen (secondary N) is 2. The first kappa shape index (κ1) is 15.2. The minimum atomic E-state index is 0.0112. The molecule has 0 atom stereocenters. The molecule has 0 radical (unpaired) electrons. The Kier molecular flexibility index (Phi) is 4.22. The van der Waals surface area contributed by atoms with E-state index in [1.165, 1.54) is 16.6 Å². The van der Waals surface area contributed by atoms with E-state index in [1.807, 2.05) is 40.1 Å². The van der Waals surface area contributed by atoms with Crippen LogP contribution in [0.4, 0.5) is 0 Å². The van der Waals surface area contributed by atoms with Gasteiger partial charge in [-0.3, -0.25) is 9.20 Å². The van der Waals surface area contributed by atoms with Crippen LogP contribution in [0.3, 0.4) is 0 Å². The summed E-state index contributed by atoms with van der Waals surface area (Å²) in [5, 5.41) is 12.9. The molecule has 0 bridgehead atoms. The first-order valence-electron chi connectivity index (χ1n) is 7.55. The molecule has 3 aromatic heterocycles. The third kappa shape index (κ3) is 3.02. The lowest BCUT2D eigenvalue weighted by molar-refractivity contribution is -0.118. The molecule has 4 aromatic rings. The maximum Gasteiger partial charge on any atom is 0.231 e. The summed E-state index contributed by atoms with van der Waals surface area (Å²) in [6.45, 7) is 0.657. The number of carbonyl (C=O) groups excluding carboxylic acids is 1. The van der Waals surface area contributed by atoms with Crippen molar-refractivity contribution >= 4 is 45.8 Å². The summed E-state index contributed by atoms with van der Waals surface area (Å²) in [4.78, 5) is 17.8. The molecule has 24 heavy (non-hydrogen) atoms. The predicted molar refractivity (Wildman–Crippen MR) is 96.6 cm³/mol. The lowest BCUT2D eigenvalue weighted by atomic mass is 10.3. The summed E-state index contributed by atoms with van der Waals surface area (Å²) in [5.41, 5.74) is 1.90. The largest absolute Gasteiger partial charge is 0.355 e. The van der Waals surface area contributed by atoms with E-state index in [0.29, 0.717) is 18.1 Å². The van der Waals surface area contributed by atoms with E-state index in [9.17, 15) is 4.79 Å². The minimum Gasteiger partial charge on any atom is -0.355 e. The summed E-state index contributed by atoms with van der Waals surface area (Å²) in [7, 11) is 0. The Morgan fingerprint density at radius 1 is 1.29 bits per heavy atom. The number of benzene rings is 1. The van der Waals surface area contributed by atoms with Gasteiger partial charge in [0.05, 0.1) is 16.8 Å². The van der Waals surface area contributed by atoms with Gasteiger partial charge in [0.1, 0.15) is 0 Å². The fraction of sp³-hybridized carbons (Fsp3) is 0.188. The molecule has 0 aliphatic rings. The number of aromatic nitrogens is 4. The number of imidazole rings is 1. The Balaban J connectivity index is 1.38. The van der Waals surface area contributed by atoms with E-state index < -0.39 is 0 Å². The van der Waals surface area contributed by atoms with Gasteiger partial charge in [-0.15, -0.1) is 16.4 Å². The SMILES string of the molecule is O=C(CSc1n[nH]c2nc3ccccc3n12)NCCc1cccs1. The fourth-order valence-electron chi connectivity index (χ4n) is 2.50. The van der Waals surface area contributed by atoms with Crippen molar-refractivity contribution in [3.05, 3.63) is 46.7 Å². The summed E-state index contributed by atoms with van der Waals surface area (Å²) in [6, 6.07) is 12.0. The average Bonchev–Trinajstić information content (AvgIpc) is 3.30. The molecule has 0 saturated heterocycles. The molecule has 3 heterocycles. The number of fused-ring (bicyclic) bond motifs is 3. The van der Waals surface area contributed by atoms with Crippen LogP contribution >= 0.6 is 23.1 Å². The zero-order valence-corrected chi connectivity index (χ0v) is 14.4. The molecule has 0 unspecified atom stereocenters. The monoisotopic (exact) mass is 357 g/mol. The highest BCUT2D eigenvalue weighted by Gasteiger charge is 2.13. The lowest BCUT2D eigenvalue weighted by Gasteiger charge is -2.03. The third-order valence-corrected chi connectivity index (χ3v) is 5.48. The van der Waals surface area contributed by atoms with Gasteiger partial charge >= 0.3 is 0 Å². The van der Waals surface area contributed by atoms with E-state index in [-0.39, 0.29) is 5.91 Å². The van der Waals surface area contributed by atoms with E-state index in [0.717, 1.165) is 22.6 Å². The number of thiophene rings is 1. The number of para-hydroxylation sites is 2. The second-order valence-electron chi connectivity index (χ2n) is 5.23. The van der Waals surface area contributed by atoms with Crippen molar-refractivity contribution in [2.75, 3.05) is 12.3 Å². The molecule has 8 heteroatoms. The number of carbonyl (C=O) groups is 1. The highest BCUT2D eigenvalue weighted by atomic mass is 32.2. The second-order valence-corrected chi connectivity index (χ2v) is 7.21. The fourth-order valence-corrected chi connectivity index (χ4v) is 4.00. The van der Waals surface area contributed by atoms with Gasteiger partial charge in [0.2, 0.25) is 11.7 Å². The molecule has 6 nitrogen and oxygen atoms in total. The Labute approximate surface area is 146 Å². The number of aromatic amines is 1. The van der Waals surface area contributed by atoms with Crippen LogP contribution in [0.1, 0.15) is 4.88 Å². The summed E-state index contributed by atoms with van der Waals surface area (Å²) < 4.78 is 1.94. The van der Waals surface area contributed by atoms with Gasteiger partial charge in [-0.2, -0.15) is 0 Å². The van der Waals surface area contributed by atoms with Crippen molar-refractivity contribution in [2.24, 2.45) is 0 Å². The Hall–Kier alpha value is -2.32. The predicted octanol–water partition coefficient (Wildman–Crippen LogP) is 2.72. The molecule has 0 saturated carbocycles. The van der Waals surface area contributed by atoms with Crippen molar-refractivity contribution < 1.29 is 4.79 Å². The normalized spacial score (nSPS) is 11.3. The standard InChI is InChI=1S/C16H15N5OS2/c22-14(17-8-7-11-4-3-9-23-11)10-24-16-20-19-15-18-12-5-1-2-6-13(12)21(15)16/h1-6,9H,7-8,10H2,(H,17,22)(H,18,19). The molecule has 1 aromatic carbocycles. The number of amides is 1. The van der Waals surface area contributed by atoms with Crippen molar-refractivity contribution in [1.29, 1.82) is 0 Å². The lowest BCUT2D eigenvalue weighted by Crippen LogP contribution is -2.27. The highest BCUT2D eigenvalue weighted by molar-refractivity contribution is 7.99. The van der Waals surface area contributed by atoms with Crippen molar-refractivity contribution in [3.63, 3.8) is 0 Å². The Morgan fingerprint density at radius 2 is 2.21 bits per heavy atom. The van der Waals surface area contributed by atoms with Crippen LogP contribution in [-0.2, 0) is 11.2 Å². The number of nitrogens with zero attached hydrogens (tertiary/aromatic N) is 3. The van der Waals surface area contributed by atoms with Gasteiger partial charge in [0.15, 0.2) is 5.16 Å². The average molecular weight is 357 g/mol. The topological polar surface area (TPSA) is 75.1 Å². The summed E-state index contributed by atoms with van der Waals surface area (Å²) >= 11 is 3.11. The molecule has 0 aliphatic heterocycles. The molecule has 0 fully saturated rings. The summed E-state index contributed by atoms with van der Waals surface area (Å²) in [6.07, 6.45) is 0.868. The van der Waals surface area contributed by atoms with Crippen LogP contribution in [0.25, 0.3) is 16.8 Å². The molecular weight excluding hydrogens is 342 g/mol. The molecule has 0 aliphatic carbocycles. The van der Waals surface area contributed by atoms with Crippen molar-refractivity contribution in [2.45, 2.75) is 11.6 Å². The highest BCUT2D eigenvalue weighted by Crippen LogP contribution is 2.22. The molecule has 1 amide bonds. The molecule has 2 N–H and O–H groups in total.